The Hall–Kier alpha value is -1.02. The van der Waals surface area contributed by atoms with Crippen LogP contribution in [0.2, 0.25) is 0 Å². The number of aryl methyl sites for hydroxylation is 2. The number of hydrogen-bond acceptors (Lipinski definition) is 2. The van der Waals surface area contributed by atoms with E-state index in [0.717, 1.165) is 31.1 Å². The molecule has 1 rings (SSSR count). The Morgan fingerprint density at radius 2 is 1.85 bits per heavy atom. The summed E-state index contributed by atoms with van der Waals surface area (Å²) < 4.78 is 5.63. The van der Waals surface area contributed by atoms with Gasteiger partial charge in [0.1, 0.15) is 5.75 Å². The van der Waals surface area contributed by atoms with Crippen LogP contribution in [0.5, 0.6) is 5.75 Å². The van der Waals surface area contributed by atoms with Gasteiger partial charge in [0.05, 0.1) is 7.11 Å². The smallest absolute Gasteiger partial charge is 0.124 e. The van der Waals surface area contributed by atoms with Crippen LogP contribution in [0, 0.1) is 19.8 Å². The summed E-state index contributed by atoms with van der Waals surface area (Å²) in [6, 6.07) is 4.81. The summed E-state index contributed by atoms with van der Waals surface area (Å²) >= 11 is 0. The van der Waals surface area contributed by atoms with Crippen molar-refractivity contribution in [3.8, 4) is 5.75 Å². The van der Waals surface area contributed by atoms with Crippen molar-refractivity contribution in [1.82, 2.24) is 5.32 Å². The first-order valence-corrected chi connectivity index (χ1v) is 7.88. The normalized spacial score (nSPS) is 12.8. The Kier molecular flexibility index (Phi) is 7.08. The lowest BCUT2D eigenvalue weighted by molar-refractivity contribution is 0.384. The molecular formula is C18H31NO. The Labute approximate surface area is 124 Å². The molecule has 0 fully saturated rings. The highest BCUT2D eigenvalue weighted by Gasteiger charge is 2.18. The van der Waals surface area contributed by atoms with Crippen molar-refractivity contribution in [3.05, 3.63) is 28.8 Å². The molecule has 0 saturated heterocycles. The molecule has 0 aliphatic rings. The highest BCUT2D eigenvalue weighted by Crippen LogP contribution is 2.33. The molecule has 0 aliphatic heterocycles. The molecule has 114 valence electrons. The van der Waals surface area contributed by atoms with Gasteiger partial charge < -0.3 is 10.1 Å². The number of methoxy groups -OCH3 is 1. The molecule has 1 aromatic carbocycles. The third-order valence-corrected chi connectivity index (χ3v) is 3.74. The molecule has 0 aromatic heterocycles. The van der Waals surface area contributed by atoms with E-state index in [0.29, 0.717) is 6.04 Å². The third-order valence-electron chi connectivity index (χ3n) is 3.74. The Balaban J connectivity index is 3.04. The van der Waals surface area contributed by atoms with Crippen LogP contribution in [0.15, 0.2) is 12.1 Å². The van der Waals surface area contributed by atoms with Crippen LogP contribution in [-0.4, -0.2) is 13.7 Å². The van der Waals surface area contributed by atoms with Crippen molar-refractivity contribution in [2.75, 3.05) is 13.7 Å². The summed E-state index contributed by atoms with van der Waals surface area (Å²) in [7, 11) is 1.77. The Morgan fingerprint density at radius 1 is 1.15 bits per heavy atom. The molecule has 0 heterocycles. The van der Waals surface area contributed by atoms with E-state index in [2.05, 4.69) is 52.1 Å². The van der Waals surface area contributed by atoms with Gasteiger partial charge in [-0.05, 0) is 62.8 Å². The fourth-order valence-corrected chi connectivity index (χ4v) is 2.72. The first kappa shape index (κ1) is 17.0. The van der Waals surface area contributed by atoms with Crippen molar-refractivity contribution in [2.24, 2.45) is 5.92 Å². The second-order valence-corrected chi connectivity index (χ2v) is 6.18. The molecule has 1 aromatic rings. The third kappa shape index (κ3) is 4.82. The molecule has 0 spiro atoms. The highest BCUT2D eigenvalue weighted by molar-refractivity contribution is 5.45. The number of rotatable bonds is 8. The predicted molar refractivity (Wildman–Crippen MR) is 87.6 cm³/mol. The van der Waals surface area contributed by atoms with E-state index in [1.54, 1.807) is 7.11 Å². The largest absolute Gasteiger partial charge is 0.496 e. The van der Waals surface area contributed by atoms with Gasteiger partial charge in [-0.3, -0.25) is 0 Å². The summed E-state index contributed by atoms with van der Waals surface area (Å²) in [6.45, 7) is 12.2. The molecule has 20 heavy (non-hydrogen) atoms. The first-order chi connectivity index (χ1) is 9.49. The van der Waals surface area contributed by atoms with Gasteiger partial charge in [0.15, 0.2) is 0 Å². The lowest BCUT2D eigenvalue weighted by atomic mass is 9.92. The molecule has 2 heteroatoms. The lowest BCUT2D eigenvalue weighted by Crippen LogP contribution is -2.24. The number of hydrogen-bond donors (Lipinski definition) is 1. The van der Waals surface area contributed by atoms with Gasteiger partial charge in [0.2, 0.25) is 0 Å². The van der Waals surface area contributed by atoms with Gasteiger partial charge in [-0.25, -0.2) is 0 Å². The molecule has 1 N–H and O–H groups in total. The first-order valence-electron chi connectivity index (χ1n) is 7.88. The van der Waals surface area contributed by atoms with Gasteiger partial charge in [-0.15, -0.1) is 0 Å². The van der Waals surface area contributed by atoms with Gasteiger partial charge in [0.25, 0.3) is 0 Å². The minimum absolute atomic E-state index is 0.396. The minimum atomic E-state index is 0.396. The van der Waals surface area contributed by atoms with E-state index in [9.17, 15) is 0 Å². The highest BCUT2D eigenvalue weighted by atomic mass is 16.5. The molecule has 1 atom stereocenters. The number of ether oxygens (including phenoxy) is 1. The average Bonchev–Trinajstić information content (AvgIpc) is 2.39. The predicted octanol–water partition coefficient (Wildman–Crippen LogP) is 4.79. The van der Waals surface area contributed by atoms with E-state index in [1.807, 2.05) is 0 Å². The zero-order valence-electron chi connectivity index (χ0n) is 14.0. The van der Waals surface area contributed by atoms with Crippen molar-refractivity contribution < 1.29 is 4.74 Å². The minimum Gasteiger partial charge on any atom is -0.496 e. The van der Waals surface area contributed by atoms with Crippen molar-refractivity contribution in [1.29, 1.82) is 0 Å². The maximum atomic E-state index is 5.63. The molecular weight excluding hydrogens is 246 g/mol. The quantitative estimate of drug-likeness (QED) is 0.737. The van der Waals surface area contributed by atoms with Crippen LogP contribution in [0.4, 0.5) is 0 Å². The summed E-state index contributed by atoms with van der Waals surface area (Å²) in [5, 5.41) is 3.70. The lowest BCUT2D eigenvalue weighted by Gasteiger charge is -2.24. The van der Waals surface area contributed by atoms with Crippen LogP contribution in [0.1, 0.15) is 62.8 Å². The van der Waals surface area contributed by atoms with Gasteiger partial charge in [0, 0.05) is 11.6 Å². The van der Waals surface area contributed by atoms with Crippen LogP contribution >= 0.6 is 0 Å². The number of nitrogens with one attached hydrogen (secondary N) is 1. The second-order valence-electron chi connectivity index (χ2n) is 6.18. The number of benzene rings is 1. The summed E-state index contributed by atoms with van der Waals surface area (Å²) in [5.41, 5.74) is 3.94. The van der Waals surface area contributed by atoms with Gasteiger partial charge >= 0.3 is 0 Å². The topological polar surface area (TPSA) is 21.3 Å². The SMILES string of the molecule is CCCNC(CCC(C)C)c1c(C)cc(C)cc1OC. The van der Waals surface area contributed by atoms with Crippen molar-refractivity contribution in [2.45, 2.75) is 59.9 Å². The standard InChI is InChI=1S/C18H31NO/c1-7-10-19-16(9-8-13(2)3)18-15(5)11-14(4)12-17(18)20-6/h11-13,16,19H,7-10H2,1-6H3. The van der Waals surface area contributed by atoms with E-state index in [-0.39, 0.29) is 0 Å². The van der Waals surface area contributed by atoms with Gasteiger partial charge in [-0.1, -0.05) is 26.8 Å². The van der Waals surface area contributed by atoms with E-state index >= 15 is 0 Å². The molecule has 0 aliphatic carbocycles. The van der Waals surface area contributed by atoms with Crippen LogP contribution in [0.25, 0.3) is 0 Å². The fraction of sp³-hybridized carbons (Fsp3) is 0.667. The molecule has 0 saturated carbocycles. The van der Waals surface area contributed by atoms with E-state index in [1.165, 1.54) is 23.1 Å². The molecule has 0 amide bonds. The molecule has 0 bridgehead atoms. The van der Waals surface area contributed by atoms with Crippen LogP contribution in [-0.2, 0) is 0 Å². The molecule has 2 nitrogen and oxygen atoms in total. The van der Waals surface area contributed by atoms with Gasteiger partial charge in [-0.2, -0.15) is 0 Å². The zero-order valence-corrected chi connectivity index (χ0v) is 14.0. The maximum Gasteiger partial charge on any atom is 0.124 e. The summed E-state index contributed by atoms with van der Waals surface area (Å²) in [5.74, 6) is 1.76. The summed E-state index contributed by atoms with van der Waals surface area (Å²) in [4.78, 5) is 0. The van der Waals surface area contributed by atoms with Crippen molar-refractivity contribution >= 4 is 0 Å². The fourth-order valence-electron chi connectivity index (χ4n) is 2.72. The summed E-state index contributed by atoms with van der Waals surface area (Å²) in [6.07, 6.45) is 3.56. The molecule has 0 radical (unpaired) electrons. The maximum absolute atomic E-state index is 5.63. The molecule has 1 unspecified atom stereocenters. The van der Waals surface area contributed by atoms with Crippen LogP contribution < -0.4 is 10.1 Å². The monoisotopic (exact) mass is 277 g/mol. The van der Waals surface area contributed by atoms with E-state index in [4.69, 9.17) is 4.74 Å². The zero-order chi connectivity index (χ0) is 15.1. The van der Waals surface area contributed by atoms with E-state index < -0.39 is 0 Å². The Morgan fingerprint density at radius 3 is 2.40 bits per heavy atom. The van der Waals surface area contributed by atoms with Crippen molar-refractivity contribution in [3.63, 3.8) is 0 Å². The second kappa shape index (κ2) is 8.31. The van der Waals surface area contributed by atoms with Crippen LogP contribution in [0.3, 0.4) is 0 Å². The average molecular weight is 277 g/mol. The Bertz CT molecular complexity index is 412.